The zero-order valence-electron chi connectivity index (χ0n) is 7.58. The highest BCUT2D eigenvalue weighted by molar-refractivity contribution is 9.09. The summed E-state index contributed by atoms with van der Waals surface area (Å²) < 4.78 is 5.74. The van der Waals surface area contributed by atoms with E-state index < -0.39 is 0 Å². The van der Waals surface area contributed by atoms with Crippen LogP contribution in [-0.4, -0.2) is 22.4 Å². The minimum absolute atomic E-state index is 0.128. The van der Waals surface area contributed by atoms with Crippen molar-refractivity contribution in [1.82, 2.24) is 0 Å². The Balaban J connectivity index is 4.08. The van der Waals surface area contributed by atoms with Gasteiger partial charge in [-0.3, -0.25) is 0 Å². The van der Waals surface area contributed by atoms with E-state index in [-0.39, 0.29) is 11.2 Å². The first-order valence-corrected chi connectivity index (χ1v) is 5.31. The molecule has 11 heavy (non-hydrogen) atoms. The zero-order valence-corrected chi connectivity index (χ0v) is 9.92. The van der Waals surface area contributed by atoms with Crippen LogP contribution in [0.15, 0.2) is 0 Å². The number of hydrogen-bond donors (Lipinski definition) is 0. The molecule has 0 aromatic heterocycles. The molecule has 0 aromatic carbocycles. The molecule has 0 fully saturated rings. The lowest BCUT2D eigenvalue weighted by atomic mass is 10.1. The first kappa shape index (κ1) is 11.7. The lowest BCUT2D eigenvalue weighted by Gasteiger charge is -2.33. The van der Waals surface area contributed by atoms with Gasteiger partial charge in [-0.05, 0) is 27.7 Å². The molecule has 0 saturated carbocycles. The summed E-state index contributed by atoms with van der Waals surface area (Å²) in [5, 5.41) is 0.765. The van der Waals surface area contributed by atoms with E-state index in [9.17, 15) is 0 Å². The van der Waals surface area contributed by atoms with Crippen molar-refractivity contribution in [2.24, 2.45) is 0 Å². The van der Waals surface area contributed by atoms with Crippen molar-refractivity contribution in [3.63, 3.8) is 0 Å². The van der Waals surface area contributed by atoms with Gasteiger partial charge in [-0.25, -0.2) is 0 Å². The number of alkyl halides is 2. The second-order valence-electron chi connectivity index (χ2n) is 3.93. The number of ether oxygens (including phenoxy) is 1. The Morgan fingerprint density at radius 3 is 1.82 bits per heavy atom. The summed E-state index contributed by atoms with van der Waals surface area (Å²) in [5.74, 6) is 0.509. The van der Waals surface area contributed by atoms with Crippen LogP contribution in [0, 0.1) is 0 Å². The fourth-order valence-corrected chi connectivity index (χ4v) is 1.52. The van der Waals surface area contributed by atoms with Gasteiger partial charge in [0.1, 0.15) is 0 Å². The van der Waals surface area contributed by atoms with Crippen LogP contribution in [0.4, 0.5) is 0 Å². The van der Waals surface area contributed by atoms with Crippen molar-refractivity contribution in [2.45, 2.75) is 38.9 Å². The second-order valence-corrected chi connectivity index (χ2v) is 4.76. The first-order valence-electron chi connectivity index (χ1n) is 3.65. The van der Waals surface area contributed by atoms with Gasteiger partial charge in [0.2, 0.25) is 0 Å². The molecular weight excluding hydrogens is 227 g/mol. The van der Waals surface area contributed by atoms with Crippen LogP contribution in [0.5, 0.6) is 0 Å². The molecule has 0 heterocycles. The fraction of sp³-hybridized carbons (Fsp3) is 1.00. The maximum Gasteiger partial charge on any atom is 0.0892 e. The fourth-order valence-electron chi connectivity index (χ4n) is 0.829. The van der Waals surface area contributed by atoms with Crippen LogP contribution in [0.3, 0.4) is 0 Å². The van der Waals surface area contributed by atoms with Crippen molar-refractivity contribution in [3.05, 3.63) is 0 Å². The molecule has 0 aliphatic heterocycles. The van der Waals surface area contributed by atoms with Gasteiger partial charge in [-0.15, -0.1) is 11.6 Å². The van der Waals surface area contributed by atoms with E-state index in [1.807, 2.05) is 27.7 Å². The lowest BCUT2D eigenvalue weighted by Crippen LogP contribution is -2.40. The van der Waals surface area contributed by atoms with Crippen LogP contribution >= 0.6 is 27.5 Å². The van der Waals surface area contributed by atoms with E-state index in [1.165, 1.54) is 0 Å². The Kier molecular flexibility index (Phi) is 4.38. The topological polar surface area (TPSA) is 9.23 Å². The average molecular weight is 244 g/mol. The molecule has 0 bridgehead atoms. The largest absolute Gasteiger partial charge is 0.368 e. The monoisotopic (exact) mass is 242 g/mol. The third-order valence-corrected chi connectivity index (χ3v) is 2.87. The third-order valence-electron chi connectivity index (χ3n) is 1.12. The maximum absolute atomic E-state index is 5.76. The molecular formula is C8H16BrClO. The smallest absolute Gasteiger partial charge is 0.0892 e. The molecule has 68 valence electrons. The van der Waals surface area contributed by atoms with Gasteiger partial charge in [0.15, 0.2) is 0 Å². The van der Waals surface area contributed by atoms with Crippen molar-refractivity contribution >= 4 is 27.5 Å². The van der Waals surface area contributed by atoms with Gasteiger partial charge < -0.3 is 4.74 Å². The number of rotatable bonds is 3. The van der Waals surface area contributed by atoms with Crippen molar-refractivity contribution in [1.29, 1.82) is 0 Å². The van der Waals surface area contributed by atoms with E-state index in [0.29, 0.717) is 5.88 Å². The molecule has 0 spiro atoms. The second kappa shape index (κ2) is 4.11. The molecule has 0 rings (SSSR count). The van der Waals surface area contributed by atoms with Gasteiger partial charge >= 0.3 is 0 Å². The highest BCUT2D eigenvalue weighted by Crippen LogP contribution is 2.23. The van der Waals surface area contributed by atoms with Crippen LogP contribution in [0.2, 0.25) is 0 Å². The third kappa shape index (κ3) is 5.05. The Hall–Kier alpha value is 0.730. The van der Waals surface area contributed by atoms with Crippen LogP contribution in [0.1, 0.15) is 27.7 Å². The van der Waals surface area contributed by atoms with E-state index in [4.69, 9.17) is 16.3 Å². The molecule has 3 heteroatoms. The van der Waals surface area contributed by atoms with Crippen LogP contribution < -0.4 is 0 Å². The summed E-state index contributed by atoms with van der Waals surface area (Å²) >= 11 is 9.14. The molecule has 1 unspecified atom stereocenters. The Morgan fingerprint density at radius 2 is 1.73 bits per heavy atom. The van der Waals surface area contributed by atoms with E-state index in [0.717, 1.165) is 5.33 Å². The van der Waals surface area contributed by atoms with Crippen molar-refractivity contribution in [2.75, 3.05) is 11.2 Å². The average Bonchev–Trinajstić information content (AvgIpc) is 1.84. The summed E-state index contributed by atoms with van der Waals surface area (Å²) in [6.07, 6.45) is 0. The summed E-state index contributed by atoms with van der Waals surface area (Å²) in [6, 6.07) is 0. The van der Waals surface area contributed by atoms with Gasteiger partial charge in [-0.1, -0.05) is 15.9 Å². The van der Waals surface area contributed by atoms with Gasteiger partial charge in [0.05, 0.1) is 17.1 Å². The predicted molar refractivity (Wildman–Crippen MR) is 53.8 cm³/mol. The Bertz CT molecular complexity index is 116. The Morgan fingerprint density at radius 1 is 1.27 bits per heavy atom. The van der Waals surface area contributed by atoms with E-state index in [1.54, 1.807) is 0 Å². The van der Waals surface area contributed by atoms with Crippen LogP contribution in [-0.2, 0) is 4.74 Å². The van der Waals surface area contributed by atoms with Crippen LogP contribution in [0.25, 0.3) is 0 Å². The van der Waals surface area contributed by atoms with Crippen molar-refractivity contribution in [3.8, 4) is 0 Å². The minimum Gasteiger partial charge on any atom is -0.368 e. The lowest BCUT2D eigenvalue weighted by molar-refractivity contribution is -0.0962. The predicted octanol–water partition coefficient (Wildman–Crippen LogP) is 3.19. The van der Waals surface area contributed by atoms with Gasteiger partial charge in [0, 0.05) is 5.33 Å². The number of hydrogen-bond acceptors (Lipinski definition) is 1. The quantitative estimate of drug-likeness (QED) is 0.692. The van der Waals surface area contributed by atoms with E-state index >= 15 is 0 Å². The molecule has 1 nitrogen and oxygen atoms in total. The summed E-state index contributed by atoms with van der Waals surface area (Å²) in [5.41, 5.74) is -0.378. The zero-order chi connectivity index (χ0) is 9.12. The molecule has 0 aliphatic carbocycles. The molecule has 0 radical (unpaired) electrons. The number of halogens is 2. The molecule has 0 N–H and O–H groups in total. The highest BCUT2D eigenvalue weighted by atomic mass is 79.9. The SMILES string of the molecule is CC(C)(C)OC(C)(CCl)CBr. The summed E-state index contributed by atoms with van der Waals surface area (Å²) in [4.78, 5) is 0. The maximum atomic E-state index is 5.76. The normalized spacial score (nSPS) is 18.0. The molecule has 0 amide bonds. The van der Waals surface area contributed by atoms with E-state index in [2.05, 4.69) is 15.9 Å². The molecule has 1 atom stereocenters. The minimum atomic E-state index is -0.250. The summed E-state index contributed by atoms with van der Waals surface area (Å²) in [6.45, 7) is 8.08. The molecule has 0 aliphatic rings. The van der Waals surface area contributed by atoms with Gasteiger partial charge in [-0.2, -0.15) is 0 Å². The molecule has 0 aromatic rings. The van der Waals surface area contributed by atoms with Gasteiger partial charge in [0.25, 0.3) is 0 Å². The first-order chi connectivity index (χ1) is 4.83. The summed E-state index contributed by atoms with van der Waals surface area (Å²) in [7, 11) is 0. The highest BCUT2D eigenvalue weighted by Gasteiger charge is 2.28. The standard InChI is InChI=1S/C8H16BrClO/c1-7(2,3)11-8(4,5-9)6-10/h5-6H2,1-4H3. The molecule has 0 saturated heterocycles. The van der Waals surface area contributed by atoms with Crippen molar-refractivity contribution < 1.29 is 4.74 Å². The Labute approximate surface area is 82.6 Å².